The molecule has 0 aromatic heterocycles. The summed E-state index contributed by atoms with van der Waals surface area (Å²) in [5.41, 5.74) is 4.31. The van der Waals surface area contributed by atoms with Crippen LogP contribution in [-0.2, 0) is 5.41 Å². The lowest BCUT2D eigenvalue weighted by Gasteiger charge is -2.52. The molecule has 0 fully saturated rings. The maximum Gasteiger partial charge on any atom is 0.182 e. The molecule has 3 aromatic rings. The summed E-state index contributed by atoms with van der Waals surface area (Å²) in [4.78, 5) is 15.3. The molecule has 2 nitrogen and oxygen atoms in total. The number of fused-ring (bicyclic) bond motifs is 1. The smallest absolute Gasteiger partial charge is 0.182 e. The van der Waals surface area contributed by atoms with E-state index in [0.717, 1.165) is 17.7 Å². The third kappa shape index (κ3) is 3.13. The number of para-hydroxylation sites is 1. The van der Waals surface area contributed by atoms with E-state index in [1.807, 2.05) is 30.3 Å². The van der Waals surface area contributed by atoms with Gasteiger partial charge in [-0.3, -0.25) is 4.79 Å². The first-order chi connectivity index (χ1) is 13.4. The van der Waals surface area contributed by atoms with E-state index in [1.165, 1.54) is 11.1 Å². The summed E-state index contributed by atoms with van der Waals surface area (Å²) >= 11 is 0. The van der Waals surface area contributed by atoms with Gasteiger partial charge in [-0.05, 0) is 37.5 Å². The Kier molecular flexibility index (Phi) is 4.58. The number of ketones is 1. The Labute approximate surface area is 167 Å². The molecule has 0 saturated carbocycles. The quantitative estimate of drug-likeness (QED) is 0.537. The van der Waals surface area contributed by atoms with Gasteiger partial charge < -0.3 is 4.90 Å². The number of Topliss-reactive ketones (excluding diaryl/α,β-unsaturated/α-hetero) is 1. The Morgan fingerprint density at radius 1 is 0.821 bits per heavy atom. The fourth-order valence-corrected chi connectivity index (χ4v) is 4.78. The number of hydrogen-bond acceptors (Lipinski definition) is 2. The summed E-state index contributed by atoms with van der Waals surface area (Å²) in [6.45, 7) is 7.23. The Balaban J connectivity index is 1.78. The molecule has 0 unspecified atom stereocenters. The van der Waals surface area contributed by atoms with Crippen molar-refractivity contribution in [1.29, 1.82) is 0 Å². The zero-order valence-electron chi connectivity index (χ0n) is 16.9. The van der Waals surface area contributed by atoms with Crippen LogP contribution in [0.5, 0.6) is 0 Å². The Morgan fingerprint density at radius 2 is 1.39 bits per heavy atom. The molecule has 0 bridgehead atoms. The van der Waals surface area contributed by atoms with Gasteiger partial charge in [0.15, 0.2) is 5.78 Å². The van der Waals surface area contributed by atoms with Crippen molar-refractivity contribution in [1.82, 2.24) is 0 Å². The third-order valence-corrected chi connectivity index (χ3v) is 6.11. The maximum absolute atomic E-state index is 13.0. The van der Waals surface area contributed by atoms with Gasteiger partial charge in [-0.2, -0.15) is 0 Å². The molecule has 0 radical (unpaired) electrons. The average molecular weight is 370 g/mol. The normalized spacial score (nSPS) is 20.5. The van der Waals surface area contributed by atoms with Gasteiger partial charge in [0.2, 0.25) is 0 Å². The lowest BCUT2D eigenvalue weighted by Crippen LogP contribution is -2.55. The zero-order valence-corrected chi connectivity index (χ0v) is 16.9. The minimum Gasteiger partial charge on any atom is -0.358 e. The van der Waals surface area contributed by atoms with Crippen LogP contribution in [0.2, 0.25) is 0 Å². The van der Waals surface area contributed by atoms with Gasteiger partial charge in [-0.1, -0.05) is 85.8 Å². The first-order valence-corrected chi connectivity index (χ1v) is 9.93. The highest BCUT2D eigenvalue weighted by molar-refractivity contribution is 5.99. The van der Waals surface area contributed by atoms with Crippen LogP contribution in [0, 0.1) is 0 Å². The fourth-order valence-electron chi connectivity index (χ4n) is 4.78. The highest BCUT2D eigenvalue weighted by atomic mass is 16.1. The van der Waals surface area contributed by atoms with Gasteiger partial charge in [0.25, 0.3) is 0 Å². The van der Waals surface area contributed by atoms with E-state index < -0.39 is 0 Å². The Morgan fingerprint density at radius 3 is 2.07 bits per heavy atom. The summed E-state index contributed by atoms with van der Waals surface area (Å²) in [7, 11) is 0. The molecule has 1 aliphatic heterocycles. The molecule has 1 heterocycles. The predicted molar refractivity (Wildman–Crippen MR) is 116 cm³/mol. The maximum atomic E-state index is 13.0. The second-order valence-corrected chi connectivity index (χ2v) is 8.58. The van der Waals surface area contributed by atoms with Crippen molar-refractivity contribution in [2.24, 2.45) is 0 Å². The van der Waals surface area contributed by atoms with Crippen LogP contribution in [0.15, 0.2) is 84.9 Å². The van der Waals surface area contributed by atoms with Crippen molar-refractivity contribution in [2.75, 3.05) is 11.4 Å². The second kappa shape index (κ2) is 6.94. The molecule has 0 saturated heterocycles. The second-order valence-electron chi connectivity index (χ2n) is 8.58. The minimum atomic E-state index is -0.149. The van der Waals surface area contributed by atoms with Crippen LogP contribution < -0.4 is 4.90 Å². The van der Waals surface area contributed by atoms with Gasteiger partial charge in [-0.15, -0.1) is 0 Å². The zero-order chi connectivity index (χ0) is 19.8. The lowest BCUT2D eigenvalue weighted by atomic mass is 9.65. The summed E-state index contributed by atoms with van der Waals surface area (Å²) < 4.78 is 0. The van der Waals surface area contributed by atoms with Crippen LogP contribution in [0.4, 0.5) is 5.69 Å². The summed E-state index contributed by atoms with van der Waals surface area (Å²) in [5.74, 6) is 0.159. The van der Waals surface area contributed by atoms with Gasteiger partial charge in [0, 0.05) is 22.2 Å². The van der Waals surface area contributed by atoms with Gasteiger partial charge >= 0.3 is 0 Å². The lowest BCUT2D eigenvalue weighted by molar-refractivity contribution is 0.0989. The number of carbonyl (C=O) groups is 1. The van der Waals surface area contributed by atoms with E-state index in [9.17, 15) is 4.79 Å². The van der Waals surface area contributed by atoms with Crippen molar-refractivity contribution in [3.8, 4) is 0 Å². The number of hydrogen-bond donors (Lipinski definition) is 0. The van der Waals surface area contributed by atoms with E-state index >= 15 is 0 Å². The molecular formula is C26H27NO. The summed E-state index contributed by atoms with van der Waals surface area (Å²) in [6.07, 6.45) is 0.948. The molecule has 4 rings (SSSR count). The van der Waals surface area contributed by atoms with E-state index in [4.69, 9.17) is 0 Å². The largest absolute Gasteiger partial charge is 0.358 e. The van der Waals surface area contributed by atoms with E-state index in [-0.39, 0.29) is 16.7 Å². The topological polar surface area (TPSA) is 20.3 Å². The molecule has 28 heavy (non-hydrogen) atoms. The van der Waals surface area contributed by atoms with Crippen LogP contribution in [0.1, 0.15) is 48.7 Å². The van der Waals surface area contributed by atoms with Crippen LogP contribution in [0.25, 0.3) is 0 Å². The highest BCUT2D eigenvalue weighted by Gasteiger charge is 2.45. The fraction of sp³-hybridized carbons (Fsp3) is 0.269. The molecule has 2 heteroatoms. The molecule has 0 aliphatic carbocycles. The van der Waals surface area contributed by atoms with Gasteiger partial charge in [0.05, 0.1) is 6.54 Å². The standard InChI is InChI=1S/C26H27NO/c1-25(2)19-26(3,21-14-8-5-9-15-21)22-16-10-11-17-23(22)27(25)18-24(28)20-12-6-4-7-13-20/h4-17H,18-19H2,1-3H3/t26-/m0/s1. The van der Waals surface area contributed by atoms with Crippen molar-refractivity contribution in [2.45, 2.75) is 38.1 Å². The SMILES string of the molecule is CC1(C)C[C@@](C)(c2ccccc2)c2ccccc2N1CC(=O)c1ccccc1. The summed E-state index contributed by atoms with van der Waals surface area (Å²) in [5, 5.41) is 0. The van der Waals surface area contributed by atoms with E-state index in [2.05, 4.69) is 80.3 Å². The molecule has 3 aromatic carbocycles. The minimum absolute atomic E-state index is 0.0896. The Hall–Kier alpha value is -2.87. The highest BCUT2D eigenvalue weighted by Crippen LogP contribution is 2.50. The monoisotopic (exact) mass is 369 g/mol. The van der Waals surface area contributed by atoms with Crippen molar-refractivity contribution < 1.29 is 4.79 Å². The first kappa shape index (κ1) is 18.5. The number of carbonyl (C=O) groups excluding carboxylic acids is 1. The van der Waals surface area contributed by atoms with Crippen molar-refractivity contribution in [3.63, 3.8) is 0 Å². The van der Waals surface area contributed by atoms with E-state index in [0.29, 0.717) is 6.54 Å². The van der Waals surface area contributed by atoms with Crippen molar-refractivity contribution in [3.05, 3.63) is 102 Å². The van der Waals surface area contributed by atoms with Crippen LogP contribution in [-0.4, -0.2) is 17.9 Å². The number of nitrogens with zero attached hydrogens (tertiary/aromatic N) is 1. The Bertz CT molecular complexity index is 978. The van der Waals surface area contributed by atoms with Crippen LogP contribution in [0.3, 0.4) is 0 Å². The molecule has 0 amide bonds. The van der Waals surface area contributed by atoms with E-state index in [1.54, 1.807) is 0 Å². The number of benzene rings is 3. The molecule has 0 spiro atoms. The molecule has 0 N–H and O–H groups in total. The first-order valence-electron chi connectivity index (χ1n) is 9.93. The van der Waals surface area contributed by atoms with Gasteiger partial charge in [0.1, 0.15) is 0 Å². The predicted octanol–water partition coefficient (Wildman–Crippen LogP) is 5.86. The summed E-state index contributed by atoms with van der Waals surface area (Å²) in [6, 6.07) is 28.9. The average Bonchev–Trinajstić information content (AvgIpc) is 2.72. The molecule has 1 aliphatic rings. The number of rotatable bonds is 4. The third-order valence-electron chi connectivity index (χ3n) is 6.11. The molecular weight excluding hydrogens is 342 g/mol. The van der Waals surface area contributed by atoms with Crippen LogP contribution >= 0.6 is 0 Å². The molecule has 142 valence electrons. The molecule has 1 atom stereocenters. The van der Waals surface area contributed by atoms with Crippen molar-refractivity contribution >= 4 is 11.5 Å². The number of anilines is 1. The van der Waals surface area contributed by atoms with Gasteiger partial charge in [-0.25, -0.2) is 0 Å².